The molecule has 4 heteroatoms. The number of rotatable bonds is 3. The normalized spacial score (nSPS) is 23.9. The van der Waals surface area contributed by atoms with E-state index in [0.29, 0.717) is 18.1 Å². The van der Waals surface area contributed by atoms with Gasteiger partial charge in [0.1, 0.15) is 6.61 Å². The molecule has 1 atom stereocenters. The number of carbonyl (C=O) groups is 1. The van der Waals surface area contributed by atoms with Gasteiger partial charge in [0.25, 0.3) is 0 Å². The van der Waals surface area contributed by atoms with E-state index in [0.717, 1.165) is 25.1 Å². The Morgan fingerprint density at radius 1 is 1.39 bits per heavy atom. The number of nitrogens with one attached hydrogen (secondary N) is 2. The van der Waals surface area contributed by atoms with Crippen LogP contribution in [0.15, 0.2) is 30.3 Å². The summed E-state index contributed by atoms with van der Waals surface area (Å²) in [5, 5.41) is 6.25. The number of carbonyl (C=O) groups excluding carboxylic acids is 1. The Morgan fingerprint density at radius 3 is 2.72 bits per heavy atom. The zero-order chi connectivity index (χ0) is 12.4. The highest BCUT2D eigenvalue weighted by atomic mass is 16.5. The summed E-state index contributed by atoms with van der Waals surface area (Å²) in [5.41, 5.74) is 1.34. The van der Waals surface area contributed by atoms with Crippen molar-refractivity contribution in [2.75, 3.05) is 13.1 Å². The third kappa shape index (κ3) is 2.08. The van der Waals surface area contributed by atoms with Crippen LogP contribution >= 0.6 is 0 Å². The Kier molecular flexibility index (Phi) is 2.96. The standard InChI is InChI=1S/C14H18N2O2/c17-13(18-8-11-4-2-1-3-5-11)16-12-6-7-14(12)9-15-10-14/h1-5,12,15H,6-10H2,(H,16,17)/t12-/m0/s1. The van der Waals surface area contributed by atoms with Crippen LogP contribution in [0.3, 0.4) is 0 Å². The van der Waals surface area contributed by atoms with Gasteiger partial charge in [-0.2, -0.15) is 0 Å². The van der Waals surface area contributed by atoms with Gasteiger partial charge in [0.05, 0.1) is 0 Å². The van der Waals surface area contributed by atoms with E-state index >= 15 is 0 Å². The predicted octanol–water partition coefficient (Wildman–Crippen LogP) is 1.66. The molecule has 2 aliphatic rings. The maximum atomic E-state index is 11.7. The predicted molar refractivity (Wildman–Crippen MR) is 68.1 cm³/mol. The van der Waals surface area contributed by atoms with Gasteiger partial charge in [-0.15, -0.1) is 0 Å². The summed E-state index contributed by atoms with van der Waals surface area (Å²) in [4.78, 5) is 11.7. The monoisotopic (exact) mass is 246 g/mol. The third-order valence-corrected chi connectivity index (χ3v) is 4.13. The largest absolute Gasteiger partial charge is 0.445 e. The average Bonchev–Trinajstić information content (AvgIpc) is 2.32. The highest BCUT2D eigenvalue weighted by Gasteiger charge is 2.51. The van der Waals surface area contributed by atoms with E-state index < -0.39 is 0 Å². The van der Waals surface area contributed by atoms with Gasteiger partial charge in [-0.1, -0.05) is 30.3 Å². The van der Waals surface area contributed by atoms with E-state index in [9.17, 15) is 4.79 Å². The van der Waals surface area contributed by atoms with Crippen molar-refractivity contribution in [2.45, 2.75) is 25.5 Å². The van der Waals surface area contributed by atoms with Gasteiger partial charge in [-0.05, 0) is 18.4 Å². The first-order chi connectivity index (χ1) is 8.78. The molecule has 1 saturated heterocycles. The van der Waals surface area contributed by atoms with Crippen LogP contribution in [0.5, 0.6) is 0 Å². The lowest BCUT2D eigenvalue weighted by Crippen LogP contribution is -2.69. The molecule has 0 radical (unpaired) electrons. The molecule has 18 heavy (non-hydrogen) atoms. The van der Waals surface area contributed by atoms with Crippen LogP contribution < -0.4 is 10.6 Å². The van der Waals surface area contributed by atoms with Gasteiger partial charge >= 0.3 is 6.09 Å². The van der Waals surface area contributed by atoms with Crippen LogP contribution in [0.2, 0.25) is 0 Å². The van der Waals surface area contributed by atoms with Gasteiger partial charge in [0.2, 0.25) is 0 Å². The van der Waals surface area contributed by atoms with Crippen molar-refractivity contribution in [1.29, 1.82) is 0 Å². The first-order valence-corrected chi connectivity index (χ1v) is 6.46. The Labute approximate surface area is 107 Å². The second-order valence-corrected chi connectivity index (χ2v) is 5.26. The molecule has 1 aromatic rings. The van der Waals surface area contributed by atoms with Crippen molar-refractivity contribution in [2.24, 2.45) is 5.41 Å². The van der Waals surface area contributed by atoms with Gasteiger partial charge in [-0.25, -0.2) is 4.79 Å². The molecule has 1 heterocycles. The molecule has 96 valence electrons. The minimum absolute atomic E-state index is 0.294. The highest BCUT2D eigenvalue weighted by Crippen LogP contribution is 2.44. The molecule has 1 amide bonds. The number of benzene rings is 1. The lowest BCUT2D eigenvalue weighted by molar-refractivity contribution is 0.00636. The number of hydrogen-bond donors (Lipinski definition) is 2. The van der Waals surface area contributed by atoms with Crippen molar-refractivity contribution in [3.05, 3.63) is 35.9 Å². The van der Waals surface area contributed by atoms with Crippen LogP contribution in [-0.2, 0) is 11.3 Å². The fourth-order valence-corrected chi connectivity index (χ4v) is 2.70. The molecule has 0 aromatic heterocycles. The quantitative estimate of drug-likeness (QED) is 0.853. The van der Waals surface area contributed by atoms with Crippen LogP contribution in [0.25, 0.3) is 0 Å². The van der Waals surface area contributed by atoms with Gasteiger partial charge in [-0.3, -0.25) is 0 Å². The molecular formula is C14H18N2O2. The molecule has 2 N–H and O–H groups in total. The summed E-state index contributed by atoms with van der Waals surface area (Å²) < 4.78 is 5.23. The van der Waals surface area contributed by atoms with Gasteiger partial charge < -0.3 is 15.4 Å². The lowest BCUT2D eigenvalue weighted by atomic mass is 9.60. The molecule has 0 bridgehead atoms. The smallest absolute Gasteiger partial charge is 0.407 e. The van der Waals surface area contributed by atoms with Crippen molar-refractivity contribution in [3.63, 3.8) is 0 Å². The highest BCUT2D eigenvalue weighted by molar-refractivity contribution is 5.68. The van der Waals surface area contributed by atoms with E-state index in [1.165, 1.54) is 6.42 Å². The Hall–Kier alpha value is -1.55. The van der Waals surface area contributed by atoms with Crippen molar-refractivity contribution >= 4 is 6.09 Å². The van der Waals surface area contributed by atoms with E-state index in [2.05, 4.69) is 10.6 Å². The van der Waals surface area contributed by atoms with Crippen LogP contribution in [0, 0.1) is 5.41 Å². The summed E-state index contributed by atoms with van der Waals surface area (Å²) in [6.45, 7) is 2.39. The molecule has 1 spiro atoms. The van der Waals surface area contributed by atoms with Crippen LogP contribution in [-0.4, -0.2) is 25.2 Å². The zero-order valence-corrected chi connectivity index (χ0v) is 10.3. The molecule has 1 aliphatic carbocycles. The minimum atomic E-state index is -0.296. The third-order valence-electron chi connectivity index (χ3n) is 4.13. The van der Waals surface area contributed by atoms with E-state index in [4.69, 9.17) is 4.74 Å². The molecule has 1 saturated carbocycles. The fourth-order valence-electron chi connectivity index (χ4n) is 2.70. The SMILES string of the molecule is O=C(N[C@H]1CCC12CNC2)OCc1ccccc1. The minimum Gasteiger partial charge on any atom is -0.445 e. The Balaban J connectivity index is 1.45. The lowest BCUT2D eigenvalue weighted by Gasteiger charge is -2.56. The number of ether oxygens (including phenoxy) is 1. The molecule has 2 fully saturated rings. The second-order valence-electron chi connectivity index (χ2n) is 5.26. The summed E-state index contributed by atoms with van der Waals surface area (Å²) >= 11 is 0. The van der Waals surface area contributed by atoms with Crippen LogP contribution in [0.1, 0.15) is 18.4 Å². The zero-order valence-electron chi connectivity index (χ0n) is 10.3. The fraction of sp³-hybridized carbons (Fsp3) is 0.500. The Bertz CT molecular complexity index is 423. The summed E-state index contributed by atoms with van der Waals surface area (Å²) in [6.07, 6.45) is 1.99. The van der Waals surface area contributed by atoms with Gasteiger partial charge in [0, 0.05) is 24.5 Å². The summed E-state index contributed by atoms with van der Waals surface area (Å²) in [5.74, 6) is 0. The number of alkyl carbamates (subject to hydrolysis) is 1. The van der Waals surface area contributed by atoms with E-state index in [1.807, 2.05) is 30.3 Å². The maximum Gasteiger partial charge on any atom is 0.407 e. The first-order valence-electron chi connectivity index (χ1n) is 6.46. The van der Waals surface area contributed by atoms with E-state index in [1.54, 1.807) is 0 Å². The van der Waals surface area contributed by atoms with Gasteiger partial charge in [0.15, 0.2) is 0 Å². The first kappa shape index (κ1) is 11.5. The van der Waals surface area contributed by atoms with Crippen molar-refractivity contribution < 1.29 is 9.53 Å². The molecule has 1 aromatic carbocycles. The van der Waals surface area contributed by atoms with Crippen molar-refractivity contribution in [3.8, 4) is 0 Å². The van der Waals surface area contributed by atoms with Crippen LogP contribution in [0.4, 0.5) is 4.79 Å². The molecule has 3 rings (SSSR count). The van der Waals surface area contributed by atoms with E-state index in [-0.39, 0.29) is 6.09 Å². The van der Waals surface area contributed by atoms with Crippen molar-refractivity contribution in [1.82, 2.24) is 10.6 Å². The topological polar surface area (TPSA) is 50.4 Å². The molecule has 4 nitrogen and oxygen atoms in total. The number of hydrogen-bond acceptors (Lipinski definition) is 3. The average molecular weight is 246 g/mol. The summed E-state index contributed by atoms with van der Waals surface area (Å²) in [6, 6.07) is 10.0. The molecular weight excluding hydrogens is 228 g/mol. The number of amides is 1. The molecule has 0 unspecified atom stereocenters. The summed E-state index contributed by atoms with van der Waals surface area (Å²) in [7, 11) is 0. The second kappa shape index (κ2) is 4.61. The Morgan fingerprint density at radius 2 is 2.17 bits per heavy atom. The maximum absolute atomic E-state index is 11.7. The molecule has 1 aliphatic heterocycles.